The number of carbonyl (C=O) groups is 2. The van der Waals surface area contributed by atoms with Gasteiger partial charge in [-0.05, 0) is 38.1 Å². The van der Waals surface area contributed by atoms with Crippen molar-refractivity contribution in [2.75, 3.05) is 32.7 Å². The maximum Gasteiger partial charge on any atom is 0.236 e. The lowest BCUT2D eigenvalue weighted by Crippen LogP contribution is -2.48. The summed E-state index contributed by atoms with van der Waals surface area (Å²) in [4.78, 5) is 27.6. The van der Waals surface area contributed by atoms with Crippen LogP contribution >= 0.6 is 0 Å². The van der Waals surface area contributed by atoms with Gasteiger partial charge in [-0.25, -0.2) is 0 Å². The van der Waals surface area contributed by atoms with Gasteiger partial charge in [0.15, 0.2) is 0 Å². The van der Waals surface area contributed by atoms with Gasteiger partial charge in [0.25, 0.3) is 0 Å². The SMILES string of the molecule is CC1CCCN(CC(=O)N2CCCC(C(N)=O)C2)C1. The van der Waals surface area contributed by atoms with E-state index in [0.29, 0.717) is 19.0 Å². The van der Waals surface area contributed by atoms with Crippen molar-refractivity contribution >= 4 is 11.8 Å². The molecule has 0 aromatic heterocycles. The Labute approximate surface area is 115 Å². The molecule has 2 aliphatic heterocycles. The van der Waals surface area contributed by atoms with Crippen LogP contribution in [0.4, 0.5) is 0 Å². The van der Waals surface area contributed by atoms with Gasteiger partial charge >= 0.3 is 0 Å². The van der Waals surface area contributed by atoms with Crippen LogP contribution in [0.2, 0.25) is 0 Å². The molecule has 2 rings (SSSR count). The first-order valence-corrected chi connectivity index (χ1v) is 7.35. The Bertz CT molecular complexity index is 346. The molecule has 0 aromatic rings. The number of hydrogen-bond donors (Lipinski definition) is 1. The number of nitrogens with zero attached hydrogens (tertiary/aromatic N) is 2. The summed E-state index contributed by atoms with van der Waals surface area (Å²) in [6.45, 7) is 6.04. The molecular formula is C14H25N3O2. The fourth-order valence-electron chi connectivity index (χ4n) is 3.16. The van der Waals surface area contributed by atoms with Gasteiger partial charge in [-0.3, -0.25) is 14.5 Å². The first-order chi connectivity index (χ1) is 9.06. The number of nitrogens with two attached hydrogens (primary N) is 1. The Hall–Kier alpha value is -1.10. The average molecular weight is 267 g/mol. The highest BCUT2D eigenvalue weighted by Crippen LogP contribution is 2.18. The maximum absolute atomic E-state index is 12.3. The summed E-state index contributed by atoms with van der Waals surface area (Å²) in [5, 5.41) is 0. The Morgan fingerprint density at radius 3 is 2.58 bits per heavy atom. The molecule has 0 bridgehead atoms. The van der Waals surface area contributed by atoms with Gasteiger partial charge < -0.3 is 10.6 Å². The van der Waals surface area contributed by atoms with E-state index in [1.165, 1.54) is 12.8 Å². The molecule has 2 amide bonds. The molecular weight excluding hydrogens is 242 g/mol. The summed E-state index contributed by atoms with van der Waals surface area (Å²) in [5.74, 6) is 0.406. The van der Waals surface area contributed by atoms with Crippen LogP contribution in [-0.4, -0.2) is 54.3 Å². The van der Waals surface area contributed by atoms with E-state index < -0.39 is 0 Å². The fourth-order valence-corrected chi connectivity index (χ4v) is 3.16. The van der Waals surface area contributed by atoms with Crippen molar-refractivity contribution in [1.82, 2.24) is 9.80 Å². The van der Waals surface area contributed by atoms with Crippen LogP contribution < -0.4 is 5.73 Å². The molecule has 5 nitrogen and oxygen atoms in total. The summed E-state index contributed by atoms with van der Waals surface area (Å²) in [6.07, 6.45) is 4.14. The first kappa shape index (κ1) is 14.3. The number of likely N-dealkylation sites (tertiary alicyclic amines) is 2. The van der Waals surface area contributed by atoms with E-state index in [9.17, 15) is 9.59 Å². The second-order valence-corrected chi connectivity index (χ2v) is 6.06. The molecule has 0 spiro atoms. The topological polar surface area (TPSA) is 66.6 Å². The second kappa shape index (κ2) is 6.37. The van der Waals surface area contributed by atoms with Crippen LogP contribution in [0.15, 0.2) is 0 Å². The van der Waals surface area contributed by atoms with E-state index in [2.05, 4.69) is 11.8 Å². The van der Waals surface area contributed by atoms with Crippen LogP contribution in [0, 0.1) is 11.8 Å². The van der Waals surface area contributed by atoms with E-state index in [-0.39, 0.29) is 17.7 Å². The third kappa shape index (κ3) is 3.93. The van der Waals surface area contributed by atoms with Gasteiger partial charge in [0.1, 0.15) is 0 Å². The molecule has 2 saturated heterocycles. The largest absolute Gasteiger partial charge is 0.369 e. The minimum absolute atomic E-state index is 0.153. The smallest absolute Gasteiger partial charge is 0.236 e. The van der Waals surface area contributed by atoms with E-state index in [0.717, 1.165) is 32.5 Å². The molecule has 0 aromatic carbocycles. The quantitative estimate of drug-likeness (QED) is 0.807. The van der Waals surface area contributed by atoms with Crippen molar-refractivity contribution in [2.45, 2.75) is 32.6 Å². The number of rotatable bonds is 3. The van der Waals surface area contributed by atoms with Crippen molar-refractivity contribution < 1.29 is 9.59 Å². The molecule has 0 radical (unpaired) electrons. The van der Waals surface area contributed by atoms with Crippen LogP contribution in [0.25, 0.3) is 0 Å². The minimum atomic E-state index is -0.274. The predicted octanol–water partition coefficient (Wildman–Crippen LogP) is 0.442. The normalized spacial score (nSPS) is 29.2. The number of primary amides is 1. The summed E-state index contributed by atoms with van der Waals surface area (Å²) in [5.41, 5.74) is 5.34. The standard InChI is InChI=1S/C14H25N3O2/c1-11-4-2-6-16(8-11)10-13(18)17-7-3-5-12(9-17)14(15)19/h11-12H,2-10H2,1H3,(H2,15,19). The fraction of sp³-hybridized carbons (Fsp3) is 0.857. The van der Waals surface area contributed by atoms with Crippen molar-refractivity contribution in [1.29, 1.82) is 0 Å². The molecule has 19 heavy (non-hydrogen) atoms. The van der Waals surface area contributed by atoms with E-state index in [1.807, 2.05) is 4.90 Å². The Morgan fingerprint density at radius 2 is 1.89 bits per heavy atom. The van der Waals surface area contributed by atoms with E-state index >= 15 is 0 Å². The van der Waals surface area contributed by atoms with Gasteiger partial charge in [-0.15, -0.1) is 0 Å². The van der Waals surface area contributed by atoms with Gasteiger partial charge in [-0.1, -0.05) is 6.92 Å². The van der Waals surface area contributed by atoms with Crippen LogP contribution in [0.3, 0.4) is 0 Å². The summed E-state index contributed by atoms with van der Waals surface area (Å²) in [7, 11) is 0. The van der Waals surface area contributed by atoms with Crippen LogP contribution in [0.1, 0.15) is 32.6 Å². The lowest BCUT2D eigenvalue weighted by molar-refractivity contribution is -0.136. The predicted molar refractivity (Wildman–Crippen MR) is 73.3 cm³/mol. The Balaban J connectivity index is 1.83. The van der Waals surface area contributed by atoms with E-state index in [4.69, 9.17) is 5.73 Å². The minimum Gasteiger partial charge on any atom is -0.369 e. The zero-order valence-corrected chi connectivity index (χ0v) is 11.8. The highest BCUT2D eigenvalue weighted by Gasteiger charge is 2.28. The molecule has 2 aliphatic rings. The van der Waals surface area contributed by atoms with Gasteiger partial charge in [-0.2, -0.15) is 0 Å². The number of hydrogen-bond acceptors (Lipinski definition) is 3. The zero-order chi connectivity index (χ0) is 13.8. The molecule has 0 saturated carbocycles. The second-order valence-electron chi connectivity index (χ2n) is 6.06. The van der Waals surface area contributed by atoms with Gasteiger partial charge in [0.05, 0.1) is 12.5 Å². The molecule has 2 unspecified atom stereocenters. The molecule has 2 heterocycles. The van der Waals surface area contributed by atoms with Crippen LogP contribution in [-0.2, 0) is 9.59 Å². The number of amides is 2. The third-order valence-corrected chi connectivity index (χ3v) is 4.28. The Morgan fingerprint density at radius 1 is 1.16 bits per heavy atom. The lowest BCUT2D eigenvalue weighted by atomic mass is 9.97. The maximum atomic E-state index is 12.3. The van der Waals surface area contributed by atoms with Crippen molar-refractivity contribution in [3.8, 4) is 0 Å². The Kier molecular flexibility index (Phi) is 4.80. The van der Waals surface area contributed by atoms with Gasteiger partial charge in [0.2, 0.25) is 11.8 Å². The average Bonchev–Trinajstić information content (AvgIpc) is 2.39. The van der Waals surface area contributed by atoms with Crippen molar-refractivity contribution in [2.24, 2.45) is 17.6 Å². The first-order valence-electron chi connectivity index (χ1n) is 7.35. The van der Waals surface area contributed by atoms with Crippen molar-refractivity contribution in [3.63, 3.8) is 0 Å². The molecule has 2 atom stereocenters. The third-order valence-electron chi connectivity index (χ3n) is 4.28. The molecule has 0 aliphatic carbocycles. The van der Waals surface area contributed by atoms with E-state index in [1.54, 1.807) is 0 Å². The molecule has 2 N–H and O–H groups in total. The molecule has 5 heteroatoms. The lowest BCUT2D eigenvalue weighted by Gasteiger charge is -2.35. The monoisotopic (exact) mass is 267 g/mol. The van der Waals surface area contributed by atoms with Gasteiger partial charge in [0, 0.05) is 19.6 Å². The summed E-state index contributed by atoms with van der Waals surface area (Å²) >= 11 is 0. The number of carbonyl (C=O) groups excluding carboxylic acids is 2. The molecule has 2 fully saturated rings. The molecule has 108 valence electrons. The van der Waals surface area contributed by atoms with Crippen molar-refractivity contribution in [3.05, 3.63) is 0 Å². The zero-order valence-electron chi connectivity index (χ0n) is 11.8. The summed E-state index contributed by atoms with van der Waals surface area (Å²) < 4.78 is 0. The highest BCUT2D eigenvalue weighted by atomic mass is 16.2. The van der Waals surface area contributed by atoms with Crippen LogP contribution in [0.5, 0.6) is 0 Å². The number of piperidine rings is 2. The highest BCUT2D eigenvalue weighted by molar-refractivity contribution is 5.81. The summed E-state index contributed by atoms with van der Waals surface area (Å²) in [6, 6.07) is 0.